The van der Waals surface area contributed by atoms with Crippen molar-refractivity contribution in [3.8, 4) is 0 Å². The van der Waals surface area contributed by atoms with E-state index in [-0.39, 0.29) is 5.91 Å². The Hall–Kier alpha value is -2.87. The maximum Gasteiger partial charge on any atom is 0.220 e. The van der Waals surface area contributed by atoms with Crippen molar-refractivity contribution in [3.63, 3.8) is 0 Å². The van der Waals surface area contributed by atoms with Crippen molar-refractivity contribution < 1.29 is 4.79 Å². The fraction of sp³-hybridized carbons (Fsp3) is 0.136. The third-order valence-corrected chi connectivity index (χ3v) is 4.55. The van der Waals surface area contributed by atoms with E-state index < -0.39 is 5.54 Å². The maximum absolute atomic E-state index is 12.4. The Morgan fingerprint density at radius 1 is 0.667 bits per heavy atom. The Morgan fingerprint density at radius 2 is 0.958 bits per heavy atom. The lowest BCUT2D eigenvalue weighted by Crippen LogP contribution is -2.48. The number of nitrogens with zero attached hydrogens (tertiary/aromatic N) is 1. The van der Waals surface area contributed by atoms with E-state index in [0.717, 1.165) is 16.7 Å². The number of rotatable bonds is 4. The van der Waals surface area contributed by atoms with E-state index in [1.54, 1.807) is 6.92 Å². The van der Waals surface area contributed by atoms with Crippen LogP contribution in [-0.4, -0.2) is 17.9 Å². The Labute approximate surface area is 143 Å². The number of benzene rings is 3. The molecule has 3 aromatic rings. The first-order valence-corrected chi connectivity index (χ1v) is 8.08. The summed E-state index contributed by atoms with van der Waals surface area (Å²) < 4.78 is 0. The molecule has 0 aliphatic rings. The van der Waals surface area contributed by atoms with Crippen LogP contribution in [0.25, 0.3) is 0 Å². The SMILES string of the molecule is CC(=O)N(C)C(c1ccccc1)(c1ccccc1)c1ccccc1. The van der Waals surface area contributed by atoms with E-state index in [1.807, 2.05) is 66.5 Å². The number of hydrogen-bond acceptors (Lipinski definition) is 1. The summed E-state index contributed by atoms with van der Waals surface area (Å²) >= 11 is 0. The molecule has 0 saturated carbocycles. The van der Waals surface area contributed by atoms with Gasteiger partial charge >= 0.3 is 0 Å². The second-order valence-corrected chi connectivity index (χ2v) is 5.89. The summed E-state index contributed by atoms with van der Waals surface area (Å²) in [5.74, 6) is 0.0200. The van der Waals surface area contributed by atoms with Crippen molar-refractivity contribution in [1.82, 2.24) is 4.90 Å². The van der Waals surface area contributed by atoms with Crippen LogP contribution in [0.3, 0.4) is 0 Å². The average Bonchev–Trinajstić information content (AvgIpc) is 2.65. The molecule has 3 aromatic carbocycles. The van der Waals surface area contributed by atoms with Crippen molar-refractivity contribution >= 4 is 5.91 Å². The van der Waals surface area contributed by atoms with Crippen molar-refractivity contribution in [2.24, 2.45) is 0 Å². The van der Waals surface area contributed by atoms with Gasteiger partial charge in [-0.15, -0.1) is 0 Å². The van der Waals surface area contributed by atoms with Gasteiger partial charge in [0.25, 0.3) is 0 Å². The average molecular weight is 315 g/mol. The second-order valence-electron chi connectivity index (χ2n) is 5.89. The number of carbonyl (C=O) groups is 1. The van der Waals surface area contributed by atoms with Gasteiger partial charge < -0.3 is 4.90 Å². The molecule has 120 valence electrons. The van der Waals surface area contributed by atoms with Crippen LogP contribution in [0.15, 0.2) is 91.0 Å². The minimum atomic E-state index is -0.657. The smallest absolute Gasteiger partial charge is 0.220 e. The molecule has 2 nitrogen and oxygen atoms in total. The molecule has 0 aromatic heterocycles. The van der Waals surface area contributed by atoms with Crippen molar-refractivity contribution in [3.05, 3.63) is 108 Å². The largest absolute Gasteiger partial charge is 0.328 e. The molecular weight excluding hydrogens is 294 g/mol. The molecule has 0 radical (unpaired) electrons. The lowest BCUT2D eigenvalue weighted by molar-refractivity contribution is -0.131. The molecule has 0 saturated heterocycles. The van der Waals surface area contributed by atoms with Crippen LogP contribution in [0.1, 0.15) is 23.6 Å². The van der Waals surface area contributed by atoms with Gasteiger partial charge in [-0.2, -0.15) is 0 Å². The third-order valence-electron chi connectivity index (χ3n) is 4.55. The van der Waals surface area contributed by atoms with E-state index in [4.69, 9.17) is 0 Å². The van der Waals surface area contributed by atoms with Crippen LogP contribution in [0, 0.1) is 0 Å². The summed E-state index contributed by atoms with van der Waals surface area (Å²) in [5.41, 5.74) is 2.55. The molecule has 0 bridgehead atoms. The normalized spacial score (nSPS) is 11.1. The fourth-order valence-electron chi connectivity index (χ4n) is 3.36. The minimum absolute atomic E-state index is 0.0200. The number of amides is 1. The van der Waals surface area contributed by atoms with E-state index >= 15 is 0 Å². The van der Waals surface area contributed by atoms with Gasteiger partial charge in [-0.3, -0.25) is 4.79 Å². The molecule has 2 heteroatoms. The first-order valence-electron chi connectivity index (χ1n) is 8.08. The van der Waals surface area contributed by atoms with E-state index in [9.17, 15) is 4.79 Å². The van der Waals surface area contributed by atoms with Gasteiger partial charge in [0.2, 0.25) is 5.91 Å². The van der Waals surface area contributed by atoms with Gasteiger partial charge in [-0.05, 0) is 16.7 Å². The van der Waals surface area contributed by atoms with Crippen molar-refractivity contribution in [1.29, 1.82) is 0 Å². The highest BCUT2D eigenvalue weighted by Gasteiger charge is 2.41. The Bertz CT molecular complexity index is 700. The highest BCUT2D eigenvalue weighted by atomic mass is 16.2. The lowest BCUT2D eigenvalue weighted by Gasteiger charge is -2.43. The van der Waals surface area contributed by atoms with Gasteiger partial charge in [0, 0.05) is 14.0 Å². The monoisotopic (exact) mass is 315 g/mol. The molecule has 0 N–H and O–H groups in total. The quantitative estimate of drug-likeness (QED) is 0.651. The van der Waals surface area contributed by atoms with Crippen LogP contribution in [0.4, 0.5) is 0 Å². The van der Waals surface area contributed by atoms with Gasteiger partial charge in [-0.25, -0.2) is 0 Å². The van der Waals surface area contributed by atoms with Gasteiger partial charge in [0.1, 0.15) is 5.54 Å². The zero-order valence-electron chi connectivity index (χ0n) is 14.0. The van der Waals surface area contributed by atoms with Gasteiger partial charge in [0.15, 0.2) is 0 Å². The fourth-order valence-corrected chi connectivity index (χ4v) is 3.36. The number of carbonyl (C=O) groups excluding carboxylic acids is 1. The molecular formula is C22H21NO. The Balaban J connectivity index is 2.39. The van der Waals surface area contributed by atoms with Crippen LogP contribution in [0.2, 0.25) is 0 Å². The zero-order chi connectivity index (χ0) is 17.0. The predicted octanol–water partition coefficient (Wildman–Crippen LogP) is 4.46. The highest BCUT2D eigenvalue weighted by molar-refractivity contribution is 5.76. The lowest BCUT2D eigenvalue weighted by atomic mass is 9.75. The van der Waals surface area contributed by atoms with Crippen molar-refractivity contribution in [2.45, 2.75) is 12.5 Å². The maximum atomic E-state index is 12.4. The summed E-state index contributed by atoms with van der Waals surface area (Å²) in [6, 6.07) is 30.6. The van der Waals surface area contributed by atoms with Crippen LogP contribution >= 0.6 is 0 Å². The molecule has 24 heavy (non-hydrogen) atoms. The summed E-state index contributed by atoms with van der Waals surface area (Å²) in [6.45, 7) is 1.61. The Morgan fingerprint density at radius 3 is 1.21 bits per heavy atom. The Kier molecular flexibility index (Phi) is 4.48. The van der Waals surface area contributed by atoms with Crippen LogP contribution in [0.5, 0.6) is 0 Å². The van der Waals surface area contributed by atoms with Gasteiger partial charge in [-0.1, -0.05) is 91.0 Å². The molecule has 0 unspecified atom stereocenters. The topological polar surface area (TPSA) is 20.3 Å². The number of hydrogen-bond donors (Lipinski definition) is 0. The summed E-state index contributed by atoms with van der Waals surface area (Å²) in [4.78, 5) is 14.3. The standard InChI is InChI=1S/C22H21NO/c1-18(24)23(2)22(19-12-6-3-7-13-19,20-14-8-4-9-15-20)21-16-10-5-11-17-21/h3-17H,1-2H3. The molecule has 1 amide bonds. The van der Waals surface area contributed by atoms with E-state index in [1.165, 1.54) is 0 Å². The molecule has 0 fully saturated rings. The molecule has 0 spiro atoms. The van der Waals surface area contributed by atoms with Crippen molar-refractivity contribution in [2.75, 3.05) is 7.05 Å². The highest BCUT2D eigenvalue weighted by Crippen LogP contribution is 2.41. The van der Waals surface area contributed by atoms with Crippen LogP contribution < -0.4 is 0 Å². The van der Waals surface area contributed by atoms with Gasteiger partial charge in [0.05, 0.1) is 0 Å². The molecule has 0 aliphatic heterocycles. The second kappa shape index (κ2) is 6.71. The summed E-state index contributed by atoms with van der Waals surface area (Å²) in [5, 5.41) is 0. The first kappa shape index (κ1) is 16.0. The summed E-state index contributed by atoms with van der Waals surface area (Å²) in [7, 11) is 1.87. The summed E-state index contributed by atoms with van der Waals surface area (Å²) in [6.07, 6.45) is 0. The molecule has 0 atom stereocenters. The third kappa shape index (κ3) is 2.61. The minimum Gasteiger partial charge on any atom is -0.328 e. The predicted molar refractivity (Wildman–Crippen MR) is 97.7 cm³/mol. The zero-order valence-corrected chi connectivity index (χ0v) is 14.0. The molecule has 3 rings (SSSR count). The molecule has 0 aliphatic carbocycles. The van der Waals surface area contributed by atoms with E-state index in [2.05, 4.69) is 36.4 Å². The molecule has 0 heterocycles. The van der Waals surface area contributed by atoms with E-state index in [0.29, 0.717) is 0 Å². The van der Waals surface area contributed by atoms with Crippen LogP contribution in [-0.2, 0) is 10.3 Å². The first-order chi connectivity index (χ1) is 11.7.